The van der Waals surface area contributed by atoms with Crippen LogP contribution in [0.15, 0.2) is 45.6 Å². The number of aryl methyl sites for hydroxylation is 2. The van der Waals surface area contributed by atoms with E-state index in [2.05, 4.69) is 54.0 Å². The van der Waals surface area contributed by atoms with Gasteiger partial charge < -0.3 is 0 Å². The third-order valence-corrected chi connectivity index (χ3v) is 6.38. The molecule has 0 N–H and O–H groups in total. The maximum atomic E-state index is 4.67. The Kier molecular flexibility index (Phi) is 2.65. The van der Waals surface area contributed by atoms with Crippen molar-refractivity contribution in [3.63, 3.8) is 0 Å². The summed E-state index contributed by atoms with van der Waals surface area (Å²) in [7, 11) is 0. The molecule has 106 valence electrons. The molecule has 2 aromatic heterocycles. The Balaban J connectivity index is 2.24. The number of fused-ring (bicyclic) bond motifs is 4. The summed E-state index contributed by atoms with van der Waals surface area (Å²) in [4.78, 5) is 9.35. The molecular weight excluding hydrogens is 404 g/mol. The molecule has 1 aliphatic carbocycles. The number of benzene rings is 2. The zero-order chi connectivity index (χ0) is 14.8. The molecule has 4 aromatic rings. The van der Waals surface area contributed by atoms with E-state index in [4.69, 9.17) is 0 Å². The Labute approximate surface area is 143 Å². The minimum atomic E-state index is 1.03. The van der Waals surface area contributed by atoms with E-state index in [1.165, 1.54) is 41.6 Å². The number of rotatable bonds is 0. The summed E-state index contributed by atoms with van der Waals surface area (Å²) >= 11 is 7.62. The Bertz CT molecular complexity index is 1020. The van der Waals surface area contributed by atoms with Crippen LogP contribution >= 0.6 is 31.9 Å². The number of hydrogen-bond acceptors (Lipinski definition) is 2. The molecule has 5 rings (SSSR count). The van der Waals surface area contributed by atoms with Crippen molar-refractivity contribution >= 4 is 64.4 Å². The first kappa shape index (κ1) is 13.0. The van der Waals surface area contributed by atoms with Crippen molar-refractivity contribution in [3.05, 3.63) is 56.7 Å². The van der Waals surface area contributed by atoms with Crippen LogP contribution in [0.1, 0.15) is 11.1 Å². The van der Waals surface area contributed by atoms with Crippen molar-refractivity contribution in [1.82, 2.24) is 9.97 Å². The van der Waals surface area contributed by atoms with Crippen LogP contribution in [-0.4, -0.2) is 9.97 Å². The van der Waals surface area contributed by atoms with Gasteiger partial charge in [-0.1, -0.05) is 12.1 Å². The summed E-state index contributed by atoms with van der Waals surface area (Å²) in [6.07, 6.45) is 5.85. The molecule has 2 heterocycles. The summed E-state index contributed by atoms with van der Waals surface area (Å²) in [5.41, 5.74) is 4.84. The molecule has 2 nitrogen and oxygen atoms in total. The van der Waals surface area contributed by atoms with Gasteiger partial charge in [-0.2, -0.15) is 0 Å². The lowest BCUT2D eigenvalue weighted by atomic mass is 9.98. The Hall–Kier alpha value is -1.52. The molecule has 0 saturated heterocycles. The normalized spacial score (nSPS) is 13.5. The molecule has 0 saturated carbocycles. The molecule has 0 bridgehead atoms. The van der Waals surface area contributed by atoms with Crippen molar-refractivity contribution in [2.24, 2.45) is 0 Å². The van der Waals surface area contributed by atoms with Crippen LogP contribution in [0.4, 0.5) is 0 Å². The van der Waals surface area contributed by atoms with E-state index >= 15 is 0 Å². The van der Waals surface area contributed by atoms with Gasteiger partial charge in [0.2, 0.25) is 0 Å². The smallest absolute Gasteiger partial charge is 0.0813 e. The van der Waals surface area contributed by atoms with Crippen LogP contribution in [0.2, 0.25) is 0 Å². The van der Waals surface area contributed by atoms with Crippen LogP contribution in [0.25, 0.3) is 32.6 Å². The molecule has 0 aliphatic heterocycles. The number of pyridine rings is 2. The van der Waals surface area contributed by atoms with Crippen LogP contribution < -0.4 is 0 Å². The third-order valence-electron chi connectivity index (χ3n) is 4.57. The lowest BCUT2D eigenvalue weighted by Crippen LogP contribution is -1.92. The standard InChI is InChI=1S/C18H10Br2N2/c19-15-9-5-6-10-13(9)14(17-11(15)3-1-7-21-17)18-12(16(10)20)4-2-8-22-18/h1-4,7-8H,5-6H2. The summed E-state index contributed by atoms with van der Waals surface area (Å²) in [6, 6.07) is 8.26. The van der Waals surface area contributed by atoms with Crippen molar-refractivity contribution in [2.75, 3.05) is 0 Å². The van der Waals surface area contributed by atoms with Crippen LogP contribution in [0, 0.1) is 0 Å². The number of aromatic nitrogens is 2. The van der Waals surface area contributed by atoms with E-state index < -0.39 is 0 Å². The van der Waals surface area contributed by atoms with E-state index in [1.54, 1.807) is 0 Å². The summed E-state index contributed by atoms with van der Waals surface area (Å²) in [5.74, 6) is 0. The highest BCUT2D eigenvalue weighted by Gasteiger charge is 2.25. The minimum absolute atomic E-state index is 1.03. The first-order chi connectivity index (χ1) is 10.8. The molecule has 0 atom stereocenters. The predicted molar refractivity (Wildman–Crippen MR) is 97.4 cm³/mol. The van der Waals surface area contributed by atoms with E-state index in [1.807, 2.05) is 24.5 Å². The second-order valence-corrected chi connectivity index (χ2v) is 7.22. The fraction of sp³-hybridized carbons (Fsp3) is 0.111. The molecular formula is C18H10Br2N2. The summed E-state index contributed by atoms with van der Waals surface area (Å²) < 4.78 is 2.37. The van der Waals surface area contributed by atoms with Crippen molar-refractivity contribution < 1.29 is 0 Å². The lowest BCUT2D eigenvalue weighted by molar-refractivity contribution is 1.02. The molecule has 0 amide bonds. The highest BCUT2D eigenvalue weighted by atomic mass is 79.9. The van der Waals surface area contributed by atoms with E-state index in [-0.39, 0.29) is 0 Å². The average Bonchev–Trinajstić information content (AvgIpc) is 3.00. The van der Waals surface area contributed by atoms with Crippen LogP contribution in [-0.2, 0) is 12.8 Å². The third kappa shape index (κ3) is 1.49. The SMILES string of the molecule is Brc1c2c3c(c(Br)c4cccnc4c3c3ncccc13)CC2. The largest absolute Gasteiger partial charge is 0.255 e. The second-order valence-electron chi connectivity index (χ2n) is 5.63. The molecule has 2 aromatic carbocycles. The van der Waals surface area contributed by atoms with Crippen LogP contribution in [0.5, 0.6) is 0 Å². The van der Waals surface area contributed by atoms with Gasteiger partial charge >= 0.3 is 0 Å². The van der Waals surface area contributed by atoms with Gasteiger partial charge in [0.15, 0.2) is 0 Å². The van der Waals surface area contributed by atoms with Gasteiger partial charge in [-0.3, -0.25) is 9.97 Å². The van der Waals surface area contributed by atoms with E-state index in [0.717, 1.165) is 23.9 Å². The molecule has 0 radical (unpaired) electrons. The fourth-order valence-corrected chi connectivity index (χ4v) is 5.09. The van der Waals surface area contributed by atoms with Crippen molar-refractivity contribution in [1.29, 1.82) is 0 Å². The van der Waals surface area contributed by atoms with Gasteiger partial charge in [-0.25, -0.2) is 0 Å². The Morgan fingerprint density at radius 1 is 0.727 bits per heavy atom. The maximum absolute atomic E-state index is 4.67. The molecule has 0 unspecified atom stereocenters. The van der Waals surface area contributed by atoms with Gasteiger partial charge in [0, 0.05) is 37.5 Å². The lowest BCUT2D eigenvalue weighted by Gasteiger charge is -2.13. The number of hydrogen-bond donors (Lipinski definition) is 0. The highest BCUT2D eigenvalue weighted by Crippen LogP contribution is 2.46. The zero-order valence-electron chi connectivity index (χ0n) is 11.5. The molecule has 0 fully saturated rings. The van der Waals surface area contributed by atoms with Crippen LogP contribution in [0.3, 0.4) is 0 Å². The molecule has 22 heavy (non-hydrogen) atoms. The van der Waals surface area contributed by atoms with Crippen molar-refractivity contribution in [2.45, 2.75) is 12.8 Å². The number of halogens is 2. The first-order valence-corrected chi connectivity index (χ1v) is 8.80. The van der Waals surface area contributed by atoms with Gasteiger partial charge in [-0.15, -0.1) is 0 Å². The monoisotopic (exact) mass is 412 g/mol. The molecule has 4 heteroatoms. The second kappa shape index (κ2) is 4.49. The van der Waals surface area contributed by atoms with E-state index in [9.17, 15) is 0 Å². The van der Waals surface area contributed by atoms with E-state index in [0.29, 0.717) is 0 Å². The van der Waals surface area contributed by atoms with Gasteiger partial charge in [0.05, 0.1) is 11.0 Å². The zero-order valence-corrected chi connectivity index (χ0v) is 14.7. The summed E-state index contributed by atoms with van der Waals surface area (Å²) in [6.45, 7) is 0. The Morgan fingerprint density at radius 2 is 1.23 bits per heavy atom. The topological polar surface area (TPSA) is 25.8 Å². The van der Waals surface area contributed by atoms with Gasteiger partial charge in [-0.05, 0) is 73.3 Å². The maximum Gasteiger partial charge on any atom is 0.0813 e. The number of nitrogens with zero attached hydrogens (tertiary/aromatic N) is 2. The quantitative estimate of drug-likeness (QED) is 0.352. The summed E-state index contributed by atoms with van der Waals surface area (Å²) in [5, 5.41) is 4.87. The predicted octanol–water partition coefficient (Wildman–Crippen LogP) is 5.56. The first-order valence-electron chi connectivity index (χ1n) is 7.21. The Morgan fingerprint density at radius 3 is 1.73 bits per heavy atom. The van der Waals surface area contributed by atoms with Gasteiger partial charge in [0.25, 0.3) is 0 Å². The molecule has 1 aliphatic rings. The highest BCUT2D eigenvalue weighted by molar-refractivity contribution is 9.11. The average molecular weight is 414 g/mol. The van der Waals surface area contributed by atoms with Crippen molar-refractivity contribution in [3.8, 4) is 0 Å². The molecule has 0 spiro atoms. The minimum Gasteiger partial charge on any atom is -0.255 e. The van der Waals surface area contributed by atoms with Gasteiger partial charge in [0.1, 0.15) is 0 Å². The fourth-order valence-electron chi connectivity index (χ4n) is 3.66.